The van der Waals surface area contributed by atoms with Crippen molar-refractivity contribution in [3.8, 4) is 33.4 Å². The van der Waals surface area contributed by atoms with Crippen molar-refractivity contribution in [2.45, 2.75) is 24.7 Å². The van der Waals surface area contributed by atoms with Gasteiger partial charge in [-0.1, -0.05) is 178 Å². The highest BCUT2D eigenvalue weighted by molar-refractivity contribution is 5.95. The molecule has 270 valence electrons. The fourth-order valence-corrected chi connectivity index (χ4v) is 10.0. The van der Waals surface area contributed by atoms with Gasteiger partial charge in [0.05, 0.1) is 5.41 Å². The summed E-state index contributed by atoms with van der Waals surface area (Å²) in [5, 5.41) is 2.57. The first kappa shape index (κ1) is 33.4. The molecule has 0 atom stereocenters. The Balaban J connectivity index is 1.10. The maximum Gasteiger partial charge on any atom is 0.0713 e. The summed E-state index contributed by atoms with van der Waals surface area (Å²) < 4.78 is 0. The van der Waals surface area contributed by atoms with Gasteiger partial charge in [-0.25, -0.2) is 0 Å². The average Bonchev–Trinajstić information content (AvgIpc) is 3.69. The molecule has 0 amide bonds. The van der Waals surface area contributed by atoms with E-state index in [0.717, 1.165) is 17.1 Å². The number of nitrogens with zero attached hydrogens (tertiary/aromatic N) is 1. The van der Waals surface area contributed by atoms with E-state index in [-0.39, 0.29) is 5.41 Å². The number of anilines is 3. The molecule has 0 saturated heterocycles. The van der Waals surface area contributed by atoms with Gasteiger partial charge in [-0.3, -0.25) is 0 Å². The Morgan fingerprint density at radius 1 is 0.316 bits per heavy atom. The van der Waals surface area contributed by atoms with Gasteiger partial charge in [0, 0.05) is 22.5 Å². The van der Waals surface area contributed by atoms with Crippen LogP contribution >= 0.6 is 0 Å². The number of fused-ring (bicyclic) bond motifs is 7. The quantitative estimate of drug-likeness (QED) is 0.165. The van der Waals surface area contributed by atoms with Gasteiger partial charge < -0.3 is 4.90 Å². The molecule has 0 unspecified atom stereocenters. The van der Waals surface area contributed by atoms with Gasteiger partial charge in [0.25, 0.3) is 0 Å². The first-order valence-corrected chi connectivity index (χ1v) is 20.0. The van der Waals surface area contributed by atoms with E-state index in [2.05, 4.69) is 231 Å². The molecular weight excluding hydrogens is 687 g/mol. The molecule has 9 aromatic carbocycles. The van der Waals surface area contributed by atoms with E-state index in [1.165, 1.54) is 77.5 Å². The smallest absolute Gasteiger partial charge is 0.0713 e. The lowest BCUT2D eigenvalue weighted by Crippen LogP contribution is -2.28. The molecule has 1 nitrogen and oxygen atoms in total. The maximum atomic E-state index is 2.44. The largest absolute Gasteiger partial charge is 0.310 e. The number of rotatable bonds is 6. The van der Waals surface area contributed by atoms with E-state index in [4.69, 9.17) is 0 Å². The molecule has 0 bridgehead atoms. The molecule has 0 heterocycles. The van der Waals surface area contributed by atoms with Crippen molar-refractivity contribution in [3.63, 3.8) is 0 Å². The Hall–Kier alpha value is -6.96. The SMILES string of the molecule is CC1(C)c2cc(N(c3ccc(C4(c5ccccc5)c5ccccc5-c5ccccc54)cc3)c3cccc(-c4ccccc4)c3)ccc2-c2cc3ccccc3cc21. The lowest BCUT2D eigenvalue weighted by Gasteiger charge is -2.34. The number of hydrogen-bond donors (Lipinski definition) is 0. The minimum atomic E-state index is -0.446. The summed E-state index contributed by atoms with van der Waals surface area (Å²) in [6, 6.07) is 78.7. The van der Waals surface area contributed by atoms with E-state index in [9.17, 15) is 0 Å². The molecule has 0 fully saturated rings. The predicted molar refractivity (Wildman–Crippen MR) is 239 cm³/mol. The van der Waals surface area contributed by atoms with Crippen LogP contribution in [-0.2, 0) is 10.8 Å². The second-order valence-electron chi connectivity index (χ2n) is 16.1. The molecule has 0 spiro atoms. The summed E-state index contributed by atoms with van der Waals surface area (Å²) in [7, 11) is 0. The third-order valence-electron chi connectivity index (χ3n) is 12.7. The fraction of sp³-hybridized carbons (Fsp3) is 0.0714. The van der Waals surface area contributed by atoms with Gasteiger partial charge in [0.15, 0.2) is 0 Å². The zero-order chi connectivity index (χ0) is 38.1. The van der Waals surface area contributed by atoms with Crippen LogP contribution in [0.25, 0.3) is 44.2 Å². The Bertz CT molecular complexity index is 2930. The van der Waals surface area contributed by atoms with Crippen molar-refractivity contribution in [3.05, 3.63) is 246 Å². The molecule has 57 heavy (non-hydrogen) atoms. The summed E-state index contributed by atoms with van der Waals surface area (Å²) in [6.07, 6.45) is 0. The minimum absolute atomic E-state index is 0.155. The van der Waals surface area contributed by atoms with Gasteiger partial charge in [0.1, 0.15) is 0 Å². The average molecular weight is 728 g/mol. The normalized spacial score (nSPS) is 14.1. The van der Waals surface area contributed by atoms with E-state index < -0.39 is 5.41 Å². The molecule has 1 heteroatoms. The highest BCUT2D eigenvalue weighted by atomic mass is 15.1. The third kappa shape index (κ3) is 5.02. The monoisotopic (exact) mass is 727 g/mol. The summed E-state index contributed by atoms with van der Waals surface area (Å²) in [4.78, 5) is 2.44. The Morgan fingerprint density at radius 3 is 1.53 bits per heavy atom. The zero-order valence-corrected chi connectivity index (χ0v) is 32.2. The summed E-state index contributed by atoms with van der Waals surface area (Å²) in [6.45, 7) is 4.76. The Morgan fingerprint density at radius 2 is 0.825 bits per heavy atom. The summed E-state index contributed by atoms with van der Waals surface area (Å²) in [5.41, 5.74) is 18.4. The van der Waals surface area contributed by atoms with Gasteiger partial charge in [-0.2, -0.15) is 0 Å². The van der Waals surface area contributed by atoms with Gasteiger partial charge in [-0.05, 0) is 126 Å². The Kier molecular flexibility index (Phi) is 7.50. The van der Waals surface area contributed by atoms with Crippen LogP contribution in [0.15, 0.2) is 212 Å². The number of hydrogen-bond acceptors (Lipinski definition) is 1. The molecule has 0 radical (unpaired) electrons. The Labute approximate surface area is 335 Å². The lowest BCUT2D eigenvalue weighted by molar-refractivity contribution is 0.661. The van der Waals surface area contributed by atoms with E-state index in [0.29, 0.717) is 0 Å². The summed E-state index contributed by atoms with van der Waals surface area (Å²) in [5.74, 6) is 0. The van der Waals surface area contributed by atoms with Gasteiger partial charge in [-0.15, -0.1) is 0 Å². The van der Waals surface area contributed by atoms with E-state index in [1.54, 1.807) is 0 Å². The van der Waals surface area contributed by atoms with Crippen LogP contribution in [0.4, 0.5) is 17.1 Å². The second-order valence-corrected chi connectivity index (χ2v) is 16.1. The summed E-state index contributed by atoms with van der Waals surface area (Å²) >= 11 is 0. The van der Waals surface area contributed by atoms with Crippen molar-refractivity contribution in [2.24, 2.45) is 0 Å². The first-order valence-electron chi connectivity index (χ1n) is 20.0. The van der Waals surface area contributed by atoms with Crippen LogP contribution in [0.3, 0.4) is 0 Å². The second kappa shape index (κ2) is 12.8. The van der Waals surface area contributed by atoms with Crippen LogP contribution in [-0.4, -0.2) is 0 Å². The van der Waals surface area contributed by atoms with Crippen LogP contribution < -0.4 is 4.90 Å². The van der Waals surface area contributed by atoms with E-state index in [1.807, 2.05) is 0 Å². The number of benzene rings is 9. The van der Waals surface area contributed by atoms with Crippen LogP contribution in [0, 0.1) is 0 Å². The van der Waals surface area contributed by atoms with Crippen molar-refractivity contribution in [1.29, 1.82) is 0 Å². The van der Waals surface area contributed by atoms with Crippen LogP contribution in [0.1, 0.15) is 47.2 Å². The van der Waals surface area contributed by atoms with Crippen LogP contribution in [0.5, 0.6) is 0 Å². The fourth-order valence-electron chi connectivity index (χ4n) is 10.0. The topological polar surface area (TPSA) is 3.24 Å². The van der Waals surface area contributed by atoms with Crippen molar-refractivity contribution >= 4 is 27.8 Å². The predicted octanol–water partition coefficient (Wildman–Crippen LogP) is 14.6. The van der Waals surface area contributed by atoms with Crippen molar-refractivity contribution in [2.75, 3.05) is 4.90 Å². The third-order valence-corrected chi connectivity index (χ3v) is 12.7. The van der Waals surface area contributed by atoms with Crippen molar-refractivity contribution in [1.82, 2.24) is 0 Å². The molecule has 0 aliphatic heterocycles. The van der Waals surface area contributed by atoms with Crippen molar-refractivity contribution < 1.29 is 0 Å². The van der Waals surface area contributed by atoms with E-state index >= 15 is 0 Å². The van der Waals surface area contributed by atoms with Gasteiger partial charge >= 0.3 is 0 Å². The zero-order valence-electron chi connectivity index (χ0n) is 32.2. The van der Waals surface area contributed by atoms with Crippen LogP contribution in [0.2, 0.25) is 0 Å². The molecule has 9 aromatic rings. The van der Waals surface area contributed by atoms with Gasteiger partial charge in [0.2, 0.25) is 0 Å². The lowest BCUT2D eigenvalue weighted by atomic mass is 9.68. The molecule has 2 aliphatic carbocycles. The minimum Gasteiger partial charge on any atom is -0.310 e. The molecule has 0 N–H and O–H groups in total. The molecule has 0 saturated carbocycles. The standard InChI is InChI=1S/C56H41N/c1-55(2)53-36-41-19-10-9-18-40(41)35-50(53)49-33-32-46(37-54(49)55)57(45-23-15-20-39(34-45)38-16-5-3-6-17-38)44-30-28-43(29-31-44)56(42-21-7-4-8-22-42)51-26-13-11-24-47(51)48-25-12-14-27-52(48)56/h3-37H,1-2H3. The highest BCUT2D eigenvalue weighted by Crippen LogP contribution is 2.57. The maximum absolute atomic E-state index is 2.44. The molecule has 11 rings (SSSR count). The first-order chi connectivity index (χ1) is 28.0. The highest BCUT2D eigenvalue weighted by Gasteiger charge is 2.46. The molecule has 0 aromatic heterocycles. The molecule has 2 aliphatic rings. The molecular formula is C56H41N.